The van der Waals surface area contributed by atoms with Gasteiger partial charge in [0.05, 0.1) is 6.54 Å². The Labute approximate surface area is 128 Å². The average Bonchev–Trinajstić information content (AvgIpc) is 2.48. The lowest BCUT2D eigenvalue weighted by molar-refractivity contribution is -0.143. The van der Waals surface area contributed by atoms with E-state index in [1.54, 1.807) is 0 Å². The van der Waals surface area contributed by atoms with Gasteiger partial charge in [-0.3, -0.25) is 0 Å². The summed E-state index contributed by atoms with van der Waals surface area (Å²) in [4.78, 5) is 37.4. The van der Waals surface area contributed by atoms with Crippen LogP contribution in [0.4, 0.5) is 4.79 Å². The normalized spacial score (nSPS) is 8.91. The van der Waals surface area contributed by atoms with E-state index in [1.807, 2.05) is 0 Å². The van der Waals surface area contributed by atoms with Crippen LogP contribution in [0.2, 0.25) is 0 Å². The van der Waals surface area contributed by atoms with E-state index in [4.69, 9.17) is 4.74 Å². The van der Waals surface area contributed by atoms with Gasteiger partial charge in [-0.2, -0.15) is 0 Å². The lowest BCUT2D eigenvalue weighted by Crippen LogP contribution is -2.28. The van der Waals surface area contributed by atoms with Gasteiger partial charge in [-0.15, -0.1) is 0 Å². The summed E-state index contributed by atoms with van der Waals surface area (Å²) in [5.74, 6) is -1.19. The zero-order valence-electron chi connectivity index (χ0n) is 12.1. The van der Waals surface area contributed by atoms with Gasteiger partial charge in [0.1, 0.15) is 12.4 Å². The number of ether oxygens (including phenoxy) is 2. The van der Waals surface area contributed by atoms with Gasteiger partial charge >= 0.3 is 18.0 Å². The molecule has 0 bridgehead atoms. The molecule has 0 aliphatic heterocycles. The molecule has 8 nitrogen and oxygen atoms in total. The fourth-order valence-corrected chi connectivity index (χ4v) is 1.01. The number of carbonyl (C=O) groups is 3. The average molecular weight is 310 g/mol. The second-order valence-electron chi connectivity index (χ2n) is 3.73. The maximum Gasteiger partial charge on any atom is 0.412 e. The Morgan fingerprint density at radius 1 is 1.05 bits per heavy atom. The topological polar surface area (TPSA) is 103 Å². The third kappa shape index (κ3) is 9.84. The molecule has 22 heavy (non-hydrogen) atoms. The number of hydrogen-bond acceptors (Lipinski definition) is 7. The van der Waals surface area contributed by atoms with E-state index in [-0.39, 0.29) is 31.0 Å². The molecule has 120 valence electrons. The summed E-state index contributed by atoms with van der Waals surface area (Å²) in [6.45, 7) is 13.6. The van der Waals surface area contributed by atoms with E-state index in [0.717, 1.165) is 12.2 Å². The Hall–Kier alpha value is -3.03. The molecule has 1 amide bonds. The smallest absolute Gasteiger partial charge is 0.412 e. The molecule has 0 heterocycles. The lowest BCUT2D eigenvalue weighted by Gasteiger charge is -2.11. The van der Waals surface area contributed by atoms with E-state index in [0.29, 0.717) is 0 Å². The van der Waals surface area contributed by atoms with Gasteiger partial charge in [0.25, 0.3) is 0 Å². The van der Waals surface area contributed by atoms with E-state index in [9.17, 15) is 14.4 Å². The lowest BCUT2D eigenvalue weighted by atomic mass is 10.3. The minimum Gasteiger partial charge on any atom is -0.461 e. The molecule has 2 N–H and O–H groups in total. The van der Waals surface area contributed by atoms with Gasteiger partial charge in [0.15, 0.2) is 0 Å². The standard InChI is InChI=1S/C14H18N2O6/c1-5-12(17)20-8-7-15-14(19)21-11(4)9-10(3)16-22-13(18)6-2/h5-6,16H,1-4,7-9H2,(H,15,19). The third-order valence-electron chi connectivity index (χ3n) is 1.89. The van der Waals surface area contributed by atoms with Crippen molar-refractivity contribution in [2.75, 3.05) is 13.2 Å². The van der Waals surface area contributed by atoms with Crippen LogP contribution in [0.3, 0.4) is 0 Å². The molecule has 0 aromatic rings. The molecule has 0 saturated heterocycles. The van der Waals surface area contributed by atoms with Crippen molar-refractivity contribution in [2.24, 2.45) is 0 Å². The molecule has 0 rings (SSSR count). The summed E-state index contributed by atoms with van der Waals surface area (Å²) in [6.07, 6.45) is 1.26. The zero-order valence-corrected chi connectivity index (χ0v) is 12.1. The van der Waals surface area contributed by atoms with Crippen LogP contribution in [-0.4, -0.2) is 31.2 Å². The Bertz CT molecular complexity index is 484. The molecule has 0 unspecified atom stereocenters. The van der Waals surface area contributed by atoms with Crippen LogP contribution < -0.4 is 10.8 Å². The summed E-state index contributed by atoms with van der Waals surface area (Å²) in [7, 11) is 0. The molecule has 0 fully saturated rings. The van der Waals surface area contributed by atoms with Crippen molar-refractivity contribution < 1.29 is 28.7 Å². The number of rotatable bonds is 10. The molecule has 0 aromatic heterocycles. The van der Waals surface area contributed by atoms with Crippen LogP contribution in [0.5, 0.6) is 0 Å². The first kappa shape index (κ1) is 19.0. The van der Waals surface area contributed by atoms with E-state index >= 15 is 0 Å². The molecule has 0 aliphatic rings. The van der Waals surface area contributed by atoms with Crippen LogP contribution in [0.15, 0.2) is 49.9 Å². The number of hydrogen-bond donors (Lipinski definition) is 2. The summed E-state index contributed by atoms with van der Waals surface area (Å²) in [5.41, 5.74) is 2.51. The molecule has 0 saturated carbocycles. The third-order valence-corrected chi connectivity index (χ3v) is 1.89. The Morgan fingerprint density at radius 2 is 1.68 bits per heavy atom. The van der Waals surface area contributed by atoms with Gasteiger partial charge in [0, 0.05) is 24.3 Å². The number of esters is 1. The first-order valence-electron chi connectivity index (χ1n) is 6.08. The molecule has 8 heteroatoms. The molecular weight excluding hydrogens is 292 g/mol. The summed E-state index contributed by atoms with van der Waals surface area (Å²) in [5, 5.41) is 2.34. The van der Waals surface area contributed by atoms with Crippen LogP contribution in [0.25, 0.3) is 0 Å². The number of alkyl carbamates (subject to hydrolysis) is 1. The van der Waals surface area contributed by atoms with Crippen molar-refractivity contribution in [1.29, 1.82) is 0 Å². The molecule has 0 aliphatic carbocycles. The second kappa shape index (κ2) is 10.7. The van der Waals surface area contributed by atoms with Crippen molar-refractivity contribution in [2.45, 2.75) is 6.42 Å². The fraction of sp³-hybridized carbons (Fsp3) is 0.214. The number of amides is 1. The van der Waals surface area contributed by atoms with Gasteiger partial charge in [0.2, 0.25) is 0 Å². The maximum atomic E-state index is 11.4. The minimum atomic E-state index is -0.768. The Kier molecular flexibility index (Phi) is 9.24. The van der Waals surface area contributed by atoms with E-state index in [2.05, 4.69) is 46.7 Å². The highest BCUT2D eigenvalue weighted by atomic mass is 16.7. The van der Waals surface area contributed by atoms with E-state index in [1.165, 1.54) is 0 Å². The number of nitrogens with one attached hydrogen (secondary N) is 2. The van der Waals surface area contributed by atoms with Gasteiger partial charge in [-0.25, -0.2) is 19.9 Å². The maximum absolute atomic E-state index is 11.4. The molecule has 0 radical (unpaired) electrons. The van der Waals surface area contributed by atoms with Crippen LogP contribution in [-0.2, 0) is 23.9 Å². The van der Waals surface area contributed by atoms with Crippen molar-refractivity contribution in [1.82, 2.24) is 10.8 Å². The van der Waals surface area contributed by atoms with Crippen molar-refractivity contribution in [3.05, 3.63) is 49.9 Å². The Morgan fingerprint density at radius 3 is 2.27 bits per heavy atom. The quantitative estimate of drug-likeness (QED) is 0.155. The Balaban J connectivity index is 3.85. The van der Waals surface area contributed by atoms with Crippen molar-refractivity contribution >= 4 is 18.0 Å². The van der Waals surface area contributed by atoms with Crippen LogP contribution in [0, 0.1) is 0 Å². The first-order valence-corrected chi connectivity index (χ1v) is 6.08. The molecule has 0 aromatic carbocycles. The monoisotopic (exact) mass is 310 g/mol. The minimum absolute atomic E-state index is 0.0157. The molecule has 0 spiro atoms. The number of carbonyl (C=O) groups excluding carboxylic acids is 3. The molecule has 0 atom stereocenters. The zero-order chi connectivity index (χ0) is 17.0. The second-order valence-corrected chi connectivity index (χ2v) is 3.73. The number of hydroxylamine groups is 1. The fourth-order valence-electron chi connectivity index (χ4n) is 1.01. The summed E-state index contributed by atoms with van der Waals surface area (Å²) in [6, 6.07) is 0. The van der Waals surface area contributed by atoms with E-state index < -0.39 is 18.0 Å². The van der Waals surface area contributed by atoms with Gasteiger partial charge in [-0.1, -0.05) is 26.3 Å². The first-order chi connectivity index (χ1) is 10.4. The van der Waals surface area contributed by atoms with Gasteiger partial charge in [-0.05, 0) is 0 Å². The van der Waals surface area contributed by atoms with Crippen LogP contribution >= 0.6 is 0 Å². The van der Waals surface area contributed by atoms with Crippen molar-refractivity contribution in [3.63, 3.8) is 0 Å². The summed E-state index contributed by atoms with van der Waals surface area (Å²) < 4.78 is 9.47. The van der Waals surface area contributed by atoms with Crippen LogP contribution in [0.1, 0.15) is 6.42 Å². The highest BCUT2D eigenvalue weighted by molar-refractivity contribution is 5.81. The highest BCUT2D eigenvalue weighted by Crippen LogP contribution is 2.06. The SMILES string of the molecule is C=CC(=O)OCCNC(=O)OC(=C)CC(=C)NOC(=O)C=C. The summed E-state index contributed by atoms with van der Waals surface area (Å²) >= 11 is 0. The highest BCUT2D eigenvalue weighted by Gasteiger charge is 2.07. The predicted molar refractivity (Wildman–Crippen MR) is 78.0 cm³/mol. The largest absolute Gasteiger partial charge is 0.461 e. The predicted octanol–water partition coefficient (Wildman–Crippen LogP) is 1.09. The van der Waals surface area contributed by atoms with Crippen molar-refractivity contribution in [3.8, 4) is 0 Å². The van der Waals surface area contributed by atoms with Gasteiger partial charge < -0.3 is 19.6 Å². The molecular formula is C14H18N2O6.